The van der Waals surface area contributed by atoms with E-state index in [4.69, 9.17) is 4.74 Å². The van der Waals surface area contributed by atoms with Crippen molar-refractivity contribution in [2.45, 2.75) is 45.3 Å². The van der Waals surface area contributed by atoms with E-state index in [0.717, 1.165) is 25.9 Å². The van der Waals surface area contributed by atoms with Crippen LogP contribution in [-0.4, -0.2) is 42.8 Å². The minimum atomic E-state index is -0.578. The zero-order valence-electron chi connectivity index (χ0n) is 14.3. The first-order valence-electron chi connectivity index (χ1n) is 7.97. The lowest BCUT2D eigenvalue weighted by Gasteiger charge is -2.30. The van der Waals surface area contributed by atoms with Crippen LogP contribution in [0.4, 0.5) is 20.6 Å². The number of halogens is 1. The van der Waals surface area contributed by atoms with Crippen molar-refractivity contribution in [3.63, 3.8) is 0 Å². The molecule has 1 aliphatic heterocycles. The third-order valence-electron chi connectivity index (χ3n) is 3.70. The van der Waals surface area contributed by atoms with Gasteiger partial charge in [-0.1, -0.05) is 0 Å². The lowest BCUT2D eigenvalue weighted by atomic mass is 10.0. The Hall–Kier alpha value is -1.82. The Morgan fingerprint density at radius 2 is 1.91 bits per heavy atom. The summed E-state index contributed by atoms with van der Waals surface area (Å²) >= 11 is 0. The van der Waals surface area contributed by atoms with Crippen LogP contribution in [0.25, 0.3) is 0 Å². The Bertz CT molecular complexity index is 549. The third kappa shape index (κ3) is 5.71. The van der Waals surface area contributed by atoms with Crippen molar-refractivity contribution in [3.8, 4) is 0 Å². The Labute approximate surface area is 137 Å². The molecule has 0 spiro atoms. The number of nitrogens with zero attached hydrogens (tertiary/aromatic N) is 1. The molecule has 0 unspecified atom stereocenters. The molecule has 128 valence electrons. The van der Waals surface area contributed by atoms with Crippen LogP contribution in [0, 0.1) is 5.82 Å². The maximum absolute atomic E-state index is 13.6. The molecule has 0 radical (unpaired) electrons. The second-order valence-corrected chi connectivity index (χ2v) is 7.04. The van der Waals surface area contributed by atoms with Gasteiger partial charge in [0.2, 0.25) is 0 Å². The summed E-state index contributed by atoms with van der Waals surface area (Å²) in [6.45, 7) is 7.41. The molecule has 6 heteroatoms. The number of benzene rings is 1. The fourth-order valence-electron chi connectivity index (χ4n) is 2.53. The molecule has 5 nitrogen and oxygen atoms in total. The number of piperidine rings is 1. The highest BCUT2D eigenvalue weighted by Gasteiger charge is 2.20. The van der Waals surface area contributed by atoms with Gasteiger partial charge in [0.05, 0.1) is 11.4 Å². The molecule has 0 aliphatic carbocycles. The number of anilines is 2. The van der Waals surface area contributed by atoms with Crippen LogP contribution in [0.2, 0.25) is 0 Å². The van der Waals surface area contributed by atoms with Gasteiger partial charge in [-0.2, -0.15) is 0 Å². The second-order valence-electron chi connectivity index (χ2n) is 7.04. The van der Waals surface area contributed by atoms with Crippen LogP contribution in [0.5, 0.6) is 0 Å². The van der Waals surface area contributed by atoms with Gasteiger partial charge in [0, 0.05) is 6.04 Å². The first kappa shape index (κ1) is 17.5. The van der Waals surface area contributed by atoms with Crippen molar-refractivity contribution in [2.75, 3.05) is 30.8 Å². The summed E-state index contributed by atoms with van der Waals surface area (Å²) in [4.78, 5) is 14.2. The zero-order valence-corrected chi connectivity index (χ0v) is 14.3. The number of likely N-dealkylation sites (tertiary alicyclic amines) is 1. The molecule has 1 aromatic rings. The van der Waals surface area contributed by atoms with E-state index in [1.54, 1.807) is 26.8 Å². The molecule has 1 fully saturated rings. The van der Waals surface area contributed by atoms with Gasteiger partial charge in [0.1, 0.15) is 11.4 Å². The number of carbonyl (C=O) groups excluding carboxylic acids is 1. The first-order valence-corrected chi connectivity index (χ1v) is 7.97. The number of hydrogen-bond donors (Lipinski definition) is 2. The minimum absolute atomic E-state index is 0.271. The quantitative estimate of drug-likeness (QED) is 0.891. The molecule has 1 amide bonds. The van der Waals surface area contributed by atoms with Gasteiger partial charge < -0.3 is 15.0 Å². The normalized spacial score (nSPS) is 16.9. The molecule has 0 saturated carbocycles. The maximum atomic E-state index is 13.6. The highest BCUT2D eigenvalue weighted by atomic mass is 19.1. The molecule has 1 saturated heterocycles. The third-order valence-corrected chi connectivity index (χ3v) is 3.70. The molecule has 1 aliphatic rings. The molecule has 23 heavy (non-hydrogen) atoms. The van der Waals surface area contributed by atoms with Gasteiger partial charge in [-0.3, -0.25) is 5.32 Å². The van der Waals surface area contributed by atoms with Crippen molar-refractivity contribution in [1.82, 2.24) is 4.90 Å². The summed E-state index contributed by atoms with van der Waals surface area (Å²) in [7, 11) is 2.09. The molecule has 0 aromatic heterocycles. The predicted molar refractivity (Wildman–Crippen MR) is 90.4 cm³/mol. The lowest BCUT2D eigenvalue weighted by Crippen LogP contribution is -2.37. The van der Waals surface area contributed by atoms with Crippen molar-refractivity contribution < 1.29 is 13.9 Å². The number of hydrogen-bond acceptors (Lipinski definition) is 4. The fraction of sp³-hybridized carbons (Fsp3) is 0.588. The van der Waals surface area contributed by atoms with E-state index in [0.29, 0.717) is 11.4 Å². The van der Waals surface area contributed by atoms with E-state index < -0.39 is 11.7 Å². The summed E-state index contributed by atoms with van der Waals surface area (Å²) in [5, 5.41) is 6.03. The molecular formula is C17H26FN3O2. The van der Waals surface area contributed by atoms with Crippen LogP contribution >= 0.6 is 0 Å². The molecule has 0 bridgehead atoms. The van der Waals surface area contributed by atoms with Crippen LogP contribution in [0.15, 0.2) is 18.2 Å². The smallest absolute Gasteiger partial charge is 0.412 e. The summed E-state index contributed by atoms with van der Waals surface area (Å²) in [6, 6.07) is 4.56. The van der Waals surface area contributed by atoms with Gasteiger partial charge >= 0.3 is 6.09 Å². The van der Waals surface area contributed by atoms with Crippen LogP contribution < -0.4 is 10.6 Å². The number of carbonyl (C=O) groups is 1. The highest BCUT2D eigenvalue weighted by Crippen LogP contribution is 2.26. The lowest BCUT2D eigenvalue weighted by molar-refractivity contribution is 0.0636. The fourth-order valence-corrected chi connectivity index (χ4v) is 2.53. The van der Waals surface area contributed by atoms with Gasteiger partial charge in [-0.15, -0.1) is 0 Å². The predicted octanol–water partition coefficient (Wildman–Crippen LogP) is 3.68. The molecule has 1 aromatic carbocycles. The number of nitrogens with one attached hydrogen (secondary N) is 2. The summed E-state index contributed by atoms with van der Waals surface area (Å²) in [6.07, 6.45) is 1.42. The Morgan fingerprint density at radius 1 is 1.26 bits per heavy atom. The summed E-state index contributed by atoms with van der Waals surface area (Å²) in [5.74, 6) is -0.338. The highest BCUT2D eigenvalue weighted by molar-refractivity contribution is 5.89. The van der Waals surface area contributed by atoms with E-state index in [1.165, 1.54) is 12.1 Å². The van der Waals surface area contributed by atoms with E-state index >= 15 is 0 Å². The topological polar surface area (TPSA) is 53.6 Å². The van der Waals surface area contributed by atoms with Gasteiger partial charge in [-0.25, -0.2) is 9.18 Å². The van der Waals surface area contributed by atoms with Crippen molar-refractivity contribution in [2.24, 2.45) is 0 Å². The molecule has 1 heterocycles. The van der Waals surface area contributed by atoms with E-state index in [-0.39, 0.29) is 11.9 Å². The van der Waals surface area contributed by atoms with Crippen molar-refractivity contribution in [3.05, 3.63) is 24.0 Å². The maximum Gasteiger partial charge on any atom is 0.412 e. The SMILES string of the molecule is CN1CCC(Nc2cc(F)ccc2NC(=O)OC(C)(C)C)CC1. The largest absolute Gasteiger partial charge is 0.444 e. The van der Waals surface area contributed by atoms with E-state index in [1.807, 2.05) is 0 Å². The average Bonchev–Trinajstić information content (AvgIpc) is 2.42. The number of ether oxygens (including phenoxy) is 1. The summed E-state index contributed by atoms with van der Waals surface area (Å²) < 4.78 is 18.8. The molecule has 2 N–H and O–H groups in total. The standard InChI is InChI=1S/C17H26FN3O2/c1-17(2,3)23-16(22)20-14-6-5-12(18)11-15(14)19-13-7-9-21(4)10-8-13/h5-6,11,13,19H,7-10H2,1-4H3,(H,20,22). The van der Waals surface area contributed by atoms with E-state index in [2.05, 4.69) is 22.6 Å². The number of rotatable bonds is 3. The molecule has 2 rings (SSSR count). The van der Waals surface area contributed by atoms with Gasteiger partial charge in [-0.05, 0) is 71.9 Å². The molecule has 0 atom stereocenters. The minimum Gasteiger partial charge on any atom is -0.444 e. The van der Waals surface area contributed by atoms with Crippen LogP contribution in [-0.2, 0) is 4.74 Å². The van der Waals surface area contributed by atoms with Crippen LogP contribution in [0.3, 0.4) is 0 Å². The van der Waals surface area contributed by atoms with E-state index in [9.17, 15) is 9.18 Å². The average molecular weight is 323 g/mol. The molecular weight excluding hydrogens is 297 g/mol. The van der Waals surface area contributed by atoms with Crippen molar-refractivity contribution >= 4 is 17.5 Å². The first-order chi connectivity index (χ1) is 10.7. The Morgan fingerprint density at radius 3 is 2.52 bits per heavy atom. The number of amides is 1. The van der Waals surface area contributed by atoms with Gasteiger partial charge in [0.15, 0.2) is 0 Å². The van der Waals surface area contributed by atoms with Gasteiger partial charge in [0.25, 0.3) is 0 Å². The monoisotopic (exact) mass is 323 g/mol. The zero-order chi connectivity index (χ0) is 17.0. The Kier molecular flexibility index (Phi) is 5.46. The van der Waals surface area contributed by atoms with Crippen LogP contribution in [0.1, 0.15) is 33.6 Å². The second kappa shape index (κ2) is 7.17. The van der Waals surface area contributed by atoms with Crippen molar-refractivity contribution in [1.29, 1.82) is 0 Å². The Balaban J connectivity index is 2.06. The summed E-state index contributed by atoms with van der Waals surface area (Å²) in [5.41, 5.74) is 0.538.